The molecule has 6 nitrogen and oxygen atoms in total. The number of carbonyl (C=O) groups is 2. The molecule has 1 N–H and O–H groups in total. The van der Waals surface area contributed by atoms with E-state index in [0.29, 0.717) is 21.8 Å². The van der Waals surface area contributed by atoms with Crippen LogP contribution in [0.3, 0.4) is 0 Å². The smallest absolute Gasteiger partial charge is 0.255 e. The molecular weight excluding hydrogens is 452 g/mol. The van der Waals surface area contributed by atoms with Crippen LogP contribution in [-0.4, -0.2) is 36.2 Å². The van der Waals surface area contributed by atoms with Gasteiger partial charge in [0.2, 0.25) is 5.78 Å². The zero-order chi connectivity index (χ0) is 25.3. The standard InChI is InChI=1S/C19H13ClN2O2.C6H14O2.C2H4/c20-15-8-6-13(7-9-15)18(23)17-12-14(10-11-21-17)19(24)22-16-4-2-1-3-5-16;1-4-7-6(3)8-5-2;1-2/h1-12H,(H,22,24);6H,4-5H2,1-3H3;1-2H2. The highest BCUT2D eigenvalue weighted by molar-refractivity contribution is 6.30. The number of pyridine rings is 1. The zero-order valence-corrected chi connectivity index (χ0v) is 20.5. The van der Waals surface area contributed by atoms with E-state index >= 15 is 0 Å². The lowest BCUT2D eigenvalue weighted by atomic mass is 10.1. The molecule has 0 spiro atoms. The lowest BCUT2D eigenvalue weighted by molar-refractivity contribution is -0.123. The Balaban J connectivity index is 0.000000493. The van der Waals surface area contributed by atoms with Gasteiger partial charge >= 0.3 is 0 Å². The fourth-order valence-electron chi connectivity index (χ4n) is 2.69. The van der Waals surface area contributed by atoms with E-state index in [1.807, 2.05) is 39.0 Å². The summed E-state index contributed by atoms with van der Waals surface area (Å²) in [7, 11) is 0. The van der Waals surface area contributed by atoms with Crippen LogP contribution in [0.25, 0.3) is 0 Å². The van der Waals surface area contributed by atoms with Crippen molar-refractivity contribution in [2.75, 3.05) is 18.5 Å². The molecule has 0 aliphatic heterocycles. The molecule has 3 aromatic rings. The monoisotopic (exact) mass is 482 g/mol. The number of rotatable bonds is 8. The first-order valence-electron chi connectivity index (χ1n) is 10.8. The molecule has 2 aromatic carbocycles. The number of hydrogen-bond donors (Lipinski definition) is 1. The number of benzene rings is 2. The van der Waals surface area contributed by atoms with Crippen LogP contribution in [-0.2, 0) is 9.47 Å². The lowest BCUT2D eigenvalue weighted by Crippen LogP contribution is -2.13. The van der Waals surface area contributed by atoms with Crippen molar-refractivity contribution in [3.05, 3.63) is 108 Å². The molecule has 1 amide bonds. The average Bonchev–Trinajstić information content (AvgIpc) is 2.87. The van der Waals surface area contributed by atoms with Crippen LogP contribution in [0.15, 0.2) is 86.1 Å². The Hall–Kier alpha value is -3.32. The number of hydrogen-bond acceptors (Lipinski definition) is 5. The predicted octanol–water partition coefficient (Wildman–Crippen LogP) is 6.43. The minimum absolute atomic E-state index is 0.0370. The molecule has 0 saturated heterocycles. The number of ether oxygens (including phenoxy) is 2. The van der Waals surface area contributed by atoms with E-state index < -0.39 is 0 Å². The highest BCUT2D eigenvalue weighted by atomic mass is 35.5. The Labute approximate surface area is 206 Å². The van der Waals surface area contributed by atoms with Gasteiger partial charge in [0.1, 0.15) is 5.69 Å². The highest BCUT2D eigenvalue weighted by Crippen LogP contribution is 2.14. The summed E-state index contributed by atoms with van der Waals surface area (Å²) in [6.45, 7) is 13.3. The summed E-state index contributed by atoms with van der Waals surface area (Å²) in [6, 6.07) is 18.7. The summed E-state index contributed by atoms with van der Waals surface area (Å²) in [6.07, 6.45) is 1.41. The SMILES string of the molecule is C=C.CCOC(C)OCC.O=C(Nc1ccccc1)c1ccnc(C(=O)c2ccc(Cl)cc2)c1. The van der Waals surface area contributed by atoms with Crippen LogP contribution >= 0.6 is 11.6 Å². The van der Waals surface area contributed by atoms with Crippen molar-refractivity contribution in [1.29, 1.82) is 0 Å². The number of amides is 1. The number of nitrogens with zero attached hydrogens (tertiary/aromatic N) is 1. The maximum absolute atomic E-state index is 12.5. The molecule has 0 bridgehead atoms. The Kier molecular flexibility index (Phi) is 13.8. The minimum atomic E-state index is -0.297. The number of aromatic nitrogens is 1. The molecule has 0 saturated carbocycles. The Morgan fingerprint density at radius 1 is 0.941 bits per heavy atom. The Morgan fingerprint density at radius 2 is 1.53 bits per heavy atom. The van der Waals surface area contributed by atoms with Gasteiger partial charge in [-0.25, -0.2) is 0 Å². The topological polar surface area (TPSA) is 77.5 Å². The van der Waals surface area contributed by atoms with Crippen molar-refractivity contribution in [2.45, 2.75) is 27.1 Å². The van der Waals surface area contributed by atoms with Gasteiger partial charge in [0.25, 0.3) is 5.91 Å². The van der Waals surface area contributed by atoms with E-state index in [0.717, 1.165) is 13.2 Å². The van der Waals surface area contributed by atoms with Gasteiger partial charge < -0.3 is 14.8 Å². The quantitative estimate of drug-likeness (QED) is 0.227. The molecule has 180 valence electrons. The lowest BCUT2D eigenvalue weighted by Gasteiger charge is -2.09. The fraction of sp³-hybridized carbons (Fsp3) is 0.222. The summed E-state index contributed by atoms with van der Waals surface area (Å²) < 4.78 is 10.1. The van der Waals surface area contributed by atoms with Crippen molar-refractivity contribution in [3.63, 3.8) is 0 Å². The predicted molar refractivity (Wildman–Crippen MR) is 137 cm³/mol. The van der Waals surface area contributed by atoms with Crippen LogP contribution < -0.4 is 5.32 Å². The van der Waals surface area contributed by atoms with E-state index in [9.17, 15) is 9.59 Å². The third-order valence-corrected chi connectivity index (χ3v) is 4.45. The molecule has 3 rings (SSSR count). The summed E-state index contributed by atoms with van der Waals surface area (Å²) in [4.78, 5) is 28.8. The van der Waals surface area contributed by atoms with E-state index in [4.69, 9.17) is 21.1 Å². The van der Waals surface area contributed by atoms with Crippen LogP contribution in [0.5, 0.6) is 0 Å². The van der Waals surface area contributed by atoms with Gasteiger partial charge in [0, 0.05) is 41.2 Å². The number of para-hydroxylation sites is 1. The van der Waals surface area contributed by atoms with Crippen LogP contribution in [0.2, 0.25) is 5.02 Å². The summed E-state index contributed by atoms with van der Waals surface area (Å²) in [5, 5.41) is 3.33. The van der Waals surface area contributed by atoms with Crippen molar-refractivity contribution in [3.8, 4) is 0 Å². The maximum atomic E-state index is 12.5. The number of halogens is 1. The van der Waals surface area contributed by atoms with Crippen molar-refractivity contribution in [2.24, 2.45) is 0 Å². The second kappa shape index (κ2) is 16.3. The van der Waals surface area contributed by atoms with Gasteiger partial charge in [-0.05, 0) is 69.3 Å². The molecule has 0 aliphatic rings. The number of anilines is 1. The van der Waals surface area contributed by atoms with E-state index in [-0.39, 0.29) is 23.7 Å². The molecular formula is C27H31ClN2O4. The van der Waals surface area contributed by atoms with Gasteiger partial charge in [-0.3, -0.25) is 14.6 Å². The van der Waals surface area contributed by atoms with E-state index in [1.54, 1.807) is 42.5 Å². The Morgan fingerprint density at radius 3 is 2.09 bits per heavy atom. The van der Waals surface area contributed by atoms with E-state index in [1.165, 1.54) is 12.3 Å². The van der Waals surface area contributed by atoms with Gasteiger partial charge in [0.05, 0.1) is 0 Å². The summed E-state index contributed by atoms with van der Waals surface area (Å²) >= 11 is 5.83. The second-order valence-electron chi connectivity index (χ2n) is 6.56. The van der Waals surface area contributed by atoms with Gasteiger partial charge in [-0.15, -0.1) is 13.2 Å². The molecule has 0 radical (unpaired) electrons. The van der Waals surface area contributed by atoms with Gasteiger partial charge in [-0.2, -0.15) is 0 Å². The number of nitrogens with one attached hydrogen (secondary N) is 1. The number of ketones is 1. The first-order chi connectivity index (χ1) is 16.4. The molecule has 34 heavy (non-hydrogen) atoms. The second-order valence-corrected chi connectivity index (χ2v) is 7.00. The van der Waals surface area contributed by atoms with Crippen LogP contribution in [0, 0.1) is 0 Å². The third-order valence-electron chi connectivity index (χ3n) is 4.20. The zero-order valence-electron chi connectivity index (χ0n) is 19.8. The number of carbonyl (C=O) groups excluding carboxylic acids is 2. The molecule has 1 heterocycles. The van der Waals surface area contributed by atoms with E-state index in [2.05, 4.69) is 23.5 Å². The molecule has 0 aliphatic carbocycles. The molecule has 0 atom stereocenters. The summed E-state index contributed by atoms with van der Waals surface area (Å²) in [5.74, 6) is -0.560. The largest absolute Gasteiger partial charge is 0.353 e. The van der Waals surface area contributed by atoms with Crippen LogP contribution in [0.4, 0.5) is 5.69 Å². The molecule has 7 heteroatoms. The first kappa shape index (κ1) is 28.7. The molecule has 1 aromatic heterocycles. The fourth-order valence-corrected chi connectivity index (χ4v) is 2.81. The van der Waals surface area contributed by atoms with Crippen molar-refractivity contribution < 1.29 is 19.1 Å². The normalized spacial score (nSPS) is 9.79. The van der Waals surface area contributed by atoms with Crippen molar-refractivity contribution >= 4 is 29.0 Å². The Bertz CT molecular complexity index is 1000. The minimum Gasteiger partial charge on any atom is -0.353 e. The van der Waals surface area contributed by atoms with Gasteiger partial charge in [-0.1, -0.05) is 29.8 Å². The molecule has 0 fully saturated rings. The van der Waals surface area contributed by atoms with Crippen LogP contribution in [0.1, 0.15) is 47.2 Å². The van der Waals surface area contributed by atoms with Crippen molar-refractivity contribution in [1.82, 2.24) is 4.98 Å². The third kappa shape index (κ3) is 10.1. The maximum Gasteiger partial charge on any atom is 0.255 e. The molecule has 0 unspecified atom stereocenters. The highest BCUT2D eigenvalue weighted by Gasteiger charge is 2.14. The summed E-state index contributed by atoms with van der Waals surface area (Å²) in [5.41, 5.74) is 1.72. The van der Waals surface area contributed by atoms with Gasteiger partial charge in [0.15, 0.2) is 6.29 Å². The first-order valence-corrected chi connectivity index (χ1v) is 11.2. The average molecular weight is 483 g/mol.